The van der Waals surface area contributed by atoms with Gasteiger partial charge in [-0.15, -0.1) is 0 Å². The molecule has 0 bridgehead atoms. The first-order valence-electron chi connectivity index (χ1n) is 2.21. The Kier molecular flexibility index (Phi) is 1.17. The van der Waals surface area contributed by atoms with Gasteiger partial charge in [-0.2, -0.15) is 0 Å². The van der Waals surface area contributed by atoms with Gasteiger partial charge in [0, 0.05) is 6.08 Å². The average Bonchev–Trinajstić information content (AvgIpc) is 1.77. The molecule has 0 aromatic carbocycles. The predicted molar refractivity (Wildman–Crippen MR) is 30.3 cm³/mol. The van der Waals surface area contributed by atoms with Crippen molar-refractivity contribution in [3.05, 3.63) is 11.9 Å². The topological polar surface area (TPSA) is 67.6 Å². The van der Waals surface area contributed by atoms with Crippen LogP contribution in [-0.4, -0.2) is 17.9 Å². The van der Waals surface area contributed by atoms with Gasteiger partial charge in [0.25, 0.3) is 0 Å². The lowest BCUT2D eigenvalue weighted by atomic mass is 10.5. The van der Waals surface area contributed by atoms with E-state index in [1.807, 2.05) is 0 Å². The van der Waals surface area contributed by atoms with Gasteiger partial charge in [-0.3, -0.25) is 5.01 Å². The standard InChI is InChI=1S/C4H7N4/c5-4-1-2-8(6)3-7-4/h3H,2,5-6H2. The van der Waals surface area contributed by atoms with E-state index in [1.54, 1.807) is 0 Å². The molecule has 0 saturated carbocycles. The van der Waals surface area contributed by atoms with Crippen LogP contribution < -0.4 is 11.6 Å². The highest BCUT2D eigenvalue weighted by Gasteiger charge is 1.95. The molecule has 0 saturated heterocycles. The normalized spacial score (nSPS) is 18.6. The van der Waals surface area contributed by atoms with Gasteiger partial charge in [-0.25, -0.2) is 10.8 Å². The molecular formula is C4H7N4. The van der Waals surface area contributed by atoms with Gasteiger partial charge in [0.05, 0.1) is 6.54 Å². The highest BCUT2D eigenvalue weighted by atomic mass is 15.4. The molecule has 1 radical (unpaired) electrons. The summed E-state index contributed by atoms with van der Waals surface area (Å²) in [5.74, 6) is 5.66. The molecule has 4 N–H and O–H groups in total. The van der Waals surface area contributed by atoms with Crippen molar-refractivity contribution < 1.29 is 0 Å². The Bertz CT molecular complexity index is 137. The second-order valence-electron chi connectivity index (χ2n) is 1.48. The van der Waals surface area contributed by atoms with E-state index in [9.17, 15) is 0 Å². The first-order chi connectivity index (χ1) is 3.79. The molecule has 0 spiro atoms. The van der Waals surface area contributed by atoms with Crippen LogP contribution in [0.3, 0.4) is 0 Å². The largest absolute Gasteiger partial charge is 0.383 e. The average molecular weight is 111 g/mol. The lowest BCUT2D eigenvalue weighted by Crippen LogP contribution is -2.32. The summed E-state index contributed by atoms with van der Waals surface area (Å²) in [5, 5.41) is 1.40. The van der Waals surface area contributed by atoms with Crippen LogP contribution >= 0.6 is 0 Å². The third kappa shape index (κ3) is 0.974. The number of hydrazine groups is 1. The molecular weight excluding hydrogens is 104 g/mol. The van der Waals surface area contributed by atoms with E-state index >= 15 is 0 Å². The molecule has 0 aromatic heterocycles. The van der Waals surface area contributed by atoms with Crippen LogP contribution in [0.4, 0.5) is 0 Å². The summed E-state index contributed by atoms with van der Waals surface area (Å²) in [6.45, 7) is 0.523. The highest BCUT2D eigenvalue weighted by Crippen LogP contribution is 1.89. The van der Waals surface area contributed by atoms with E-state index in [1.165, 1.54) is 11.3 Å². The van der Waals surface area contributed by atoms with Gasteiger partial charge >= 0.3 is 0 Å². The minimum Gasteiger partial charge on any atom is -0.383 e. The van der Waals surface area contributed by atoms with Crippen LogP contribution in [0.25, 0.3) is 0 Å². The Morgan fingerprint density at radius 3 is 3.00 bits per heavy atom. The van der Waals surface area contributed by atoms with Crippen molar-refractivity contribution in [3.8, 4) is 0 Å². The van der Waals surface area contributed by atoms with Crippen molar-refractivity contribution in [2.75, 3.05) is 6.54 Å². The molecule has 1 aliphatic heterocycles. The zero-order valence-electron chi connectivity index (χ0n) is 4.33. The Morgan fingerprint density at radius 2 is 2.62 bits per heavy atom. The fourth-order valence-corrected chi connectivity index (χ4v) is 0.395. The summed E-state index contributed by atoms with van der Waals surface area (Å²) in [5.41, 5.74) is 5.22. The van der Waals surface area contributed by atoms with E-state index in [-0.39, 0.29) is 0 Å². The fraction of sp³-hybridized carbons (Fsp3) is 0.250. The molecule has 8 heavy (non-hydrogen) atoms. The lowest BCUT2D eigenvalue weighted by Gasteiger charge is -2.11. The van der Waals surface area contributed by atoms with Crippen LogP contribution in [0.1, 0.15) is 0 Å². The van der Waals surface area contributed by atoms with Crippen molar-refractivity contribution in [2.45, 2.75) is 0 Å². The van der Waals surface area contributed by atoms with Gasteiger partial charge in [-0.1, -0.05) is 0 Å². The lowest BCUT2D eigenvalue weighted by molar-refractivity contribution is 0.488. The third-order valence-corrected chi connectivity index (χ3v) is 0.788. The smallest absolute Gasteiger partial charge is 0.130 e. The molecule has 1 rings (SSSR count). The molecule has 0 aromatic rings. The number of hydrogen-bond acceptors (Lipinski definition) is 4. The second-order valence-corrected chi connectivity index (χ2v) is 1.48. The van der Waals surface area contributed by atoms with Crippen LogP contribution in [0.2, 0.25) is 0 Å². The van der Waals surface area contributed by atoms with Gasteiger partial charge in [0.1, 0.15) is 12.2 Å². The number of nitrogens with zero attached hydrogens (tertiary/aromatic N) is 2. The number of aliphatic imine (C=N–C) groups is 1. The Labute approximate surface area is 47.4 Å². The zero-order chi connectivity index (χ0) is 5.98. The highest BCUT2D eigenvalue weighted by molar-refractivity contribution is 5.56. The molecule has 4 heteroatoms. The summed E-state index contributed by atoms with van der Waals surface area (Å²) < 4.78 is 0. The SMILES string of the molecule is NC1=[C]CN(N)C=N1. The second kappa shape index (κ2) is 1.83. The van der Waals surface area contributed by atoms with Crippen LogP contribution in [0.15, 0.2) is 10.8 Å². The summed E-state index contributed by atoms with van der Waals surface area (Å²) in [6, 6.07) is 0. The van der Waals surface area contributed by atoms with E-state index in [4.69, 9.17) is 11.6 Å². The zero-order valence-corrected chi connectivity index (χ0v) is 4.33. The first kappa shape index (κ1) is 5.11. The van der Waals surface area contributed by atoms with Crippen molar-refractivity contribution >= 4 is 6.34 Å². The van der Waals surface area contributed by atoms with Crippen molar-refractivity contribution in [1.82, 2.24) is 5.01 Å². The molecule has 0 amide bonds. The third-order valence-electron chi connectivity index (χ3n) is 0.788. The van der Waals surface area contributed by atoms with Gasteiger partial charge < -0.3 is 5.73 Å². The molecule has 43 valence electrons. The van der Waals surface area contributed by atoms with E-state index in [0.717, 1.165) is 0 Å². The molecule has 0 fully saturated rings. The summed E-state index contributed by atoms with van der Waals surface area (Å²) in [4.78, 5) is 3.67. The van der Waals surface area contributed by atoms with Crippen molar-refractivity contribution in [1.29, 1.82) is 0 Å². The van der Waals surface area contributed by atoms with Gasteiger partial charge in [-0.05, 0) is 0 Å². The predicted octanol–water partition coefficient (Wildman–Crippen LogP) is -1.19. The fourth-order valence-electron chi connectivity index (χ4n) is 0.395. The minimum atomic E-state index is 0.409. The molecule has 1 heterocycles. The van der Waals surface area contributed by atoms with E-state index in [0.29, 0.717) is 12.4 Å². The van der Waals surface area contributed by atoms with Crippen molar-refractivity contribution in [2.24, 2.45) is 16.6 Å². The Balaban J connectivity index is 2.58. The van der Waals surface area contributed by atoms with E-state index < -0.39 is 0 Å². The van der Waals surface area contributed by atoms with Crippen LogP contribution in [0, 0.1) is 6.08 Å². The Hall–Kier alpha value is -1.03. The maximum Gasteiger partial charge on any atom is 0.130 e. The van der Waals surface area contributed by atoms with Gasteiger partial charge in [0.2, 0.25) is 0 Å². The molecule has 0 aliphatic carbocycles. The Morgan fingerprint density at radius 1 is 1.88 bits per heavy atom. The van der Waals surface area contributed by atoms with Crippen molar-refractivity contribution in [3.63, 3.8) is 0 Å². The summed E-state index contributed by atoms with van der Waals surface area (Å²) >= 11 is 0. The number of nitrogens with two attached hydrogens (primary N) is 2. The van der Waals surface area contributed by atoms with Crippen LogP contribution in [0.5, 0.6) is 0 Å². The molecule has 4 nitrogen and oxygen atoms in total. The van der Waals surface area contributed by atoms with E-state index in [2.05, 4.69) is 11.1 Å². The summed E-state index contributed by atoms with van der Waals surface area (Å²) in [7, 11) is 0. The summed E-state index contributed by atoms with van der Waals surface area (Å²) in [6.07, 6.45) is 4.19. The number of rotatable bonds is 0. The minimum absolute atomic E-state index is 0.409. The van der Waals surface area contributed by atoms with Gasteiger partial charge in [0.15, 0.2) is 0 Å². The maximum atomic E-state index is 5.25. The first-order valence-corrected chi connectivity index (χ1v) is 2.21. The quantitative estimate of drug-likeness (QED) is 0.386. The molecule has 1 aliphatic rings. The van der Waals surface area contributed by atoms with Crippen LogP contribution in [-0.2, 0) is 0 Å². The number of hydrogen-bond donors (Lipinski definition) is 2. The maximum absolute atomic E-state index is 5.25. The monoisotopic (exact) mass is 111 g/mol. The molecule has 0 atom stereocenters. The molecule has 0 unspecified atom stereocenters.